The minimum Gasteiger partial charge on any atom is -0.493 e. The largest absolute Gasteiger partial charge is 0.493 e. The van der Waals surface area contributed by atoms with Crippen molar-refractivity contribution in [1.29, 1.82) is 0 Å². The van der Waals surface area contributed by atoms with Crippen molar-refractivity contribution in [2.75, 3.05) is 38.2 Å². The number of pyridine rings is 1. The van der Waals surface area contributed by atoms with Crippen LogP contribution in [0.25, 0.3) is 10.9 Å². The smallest absolute Gasteiger partial charge is 0.169 e. The highest BCUT2D eigenvalue weighted by Gasteiger charge is 2.22. The molecular formula is C23H28N6O2S. The van der Waals surface area contributed by atoms with Gasteiger partial charge in [-0.05, 0) is 43.8 Å². The van der Waals surface area contributed by atoms with Crippen molar-refractivity contribution in [1.82, 2.24) is 25.2 Å². The molecule has 168 valence electrons. The third kappa shape index (κ3) is 4.99. The van der Waals surface area contributed by atoms with Gasteiger partial charge in [0.15, 0.2) is 16.6 Å². The second kappa shape index (κ2) is 9.95. The van der Waals surface area contributed by atoms with E-state index in [0.29, 0.717) is 18.0 Å². The molecule has 0 unspecified atom stereocenters. The number of aromatic nitrogens is 3. The number of nitrogens with one attached hydrogen (secondary N) is 1. The second-order valence-electron chi connectivity index (χ2n) is 7.88. The predicted octanol–water partition coefficient (Wildman–Crippen LogP) is 3.02. The Labute approximate surface area is 193 Å². The van der Waals surface area contributed by atoms with Gasteiger partial charge in [-0.25, -0.2) is 9.97 Å². The van der Waals surface area contributed by atoms with Crippen LogP contribution in [0.15, 0.2) is 43.0 Å². The van der Waals surface area contributed by atoms with Crippen molar-refractivity contribution in [2.24, 2.45) is 0 Å². The van der Waals surface area contributed by atoms with E-state index < -0.39 is 0 Å². The molecule has 0 spiro atoms. The summed E-state index contributed by atoms with van der Waals surface area (Å²) >= 11 is 5.61. The van der Waals surface area contributed by atoms with Gasteiger partial charge in [0.25, 0.3) is 0 Å². The Bertz CT molecular complexity index is 1070. The lowest BCUT2D eigenvalue weighted by Crippen LogP contribution is -2.51. The summed E-state index contributed by atoms with van der Waals surface area (Å²) in [5.74, 6) is 2.27. The number of benzene rings is 1. The first-order valence-electron chi connectivity index (χ1n) is 10.7. The summed E-state index contributed by atoms with van der Waals surface area (Å²) < 4.78 is 11.5. The molecule has 32 heavy (non-hydrogen) atoms. The number of ether oxygens (including phenoxy) is 2. The van der Waals surface area contributed by atoms with Gasteiger partial charge in [0.1, 0.15) is 12.1 Å². The first-order valence-corrected chi connectivity index (χ1v) is 11.1. The Morgan fingerprint density at radius 1 is 1.16 bits per heavy atom. The van der Waals surface area contributed by atoms with Crippen LogP contribution >= 0.6 is 12.2 Å². The average Bonchev–Trinajstić information content (AvgIpc) is 2.82. The van der Waals surface area contributed by atoms with Gasteiger partial charge >= 0.3 is 0 Å². The van der Waals surface area contributed by atoms with E-state index in [9.17, 15) is 0 Å². The molecule has 0 atom stereocenters. The fraction of sp³-hybridized carbons (Fsp3) is 0.391. The molecule has 1 fully saturated rings. The maximum absolute atomic E-state index is 5.89. The number of nitrogens with zero attached hydrogens (tertiary/aromatic N) is 5. The standard InChI is InChI=1S/C23H28N6O2S/c1-16(2)31-21-12-19-18(11-20(21)30-3)22(27-15-26-19)28-7-9-29(10-8-28)23(32)25-14-17-5-4-6-24-13-17/h4-6,11-13,15-16H,7-10,14H2,1-3H3,(H,25,32). The summed E-state index contributed by atoms with van der Waals surface area (Å²) in [6, 6.07) is 7.85. The number of piperazine rings is 1. The topological polar surface area (TPSA) is 75.6 Å². The Morgan fingerprint density at radius 2 is 1.97 bits per heavy atom. The molecule has 0 radical (unpaired) electrons. The number of fused-ring (bicyclic) bond motifs is 1. The zero-order valence-electron chi connectivity index (χ0n) is 18.6. The van der Waals surface area contributed by atoms with E-state index >= 15 is 0 Å². The molecule has 4 rings (SSSR count). The maximum Gasteiger partial charge on any atom is 0.169 e. The van der Waals surface area contributed by atoms with Crippen LogP contribution in [-0.2, 0) is 6.54 Å². The highest BCUT2D eigenvalue weighted by atomic mass is 32.1. The normalized spacial score (nSPS) is 14.0. The van der Waals surface area contributed by atoms with Crippen LogP contribution in [0.5, 0.6) is 11.5 Å². The fourth-order valence-electron chi connectivity index (χ4n) is 3.72. The number of hydrogen-bond donors (Lipinski definition) is 1. The van der Waals surface area contributed by atoms with Crippen LogP contribution in [0.2, 0.25) is 0 Å². The second-order valence-corrected chi connectivity index (χ2v) is 8.26. The van der Waals surface area contributed by atoms with Gasteiger partial charge in [0.05, 0.1) is 18.7 Å². The van der Waals surface area contributed by atoms with Crippen molar-refractivity contribution in [3.63, 3.8) is 0 Å². The molecular weight excluding hydrogens is 424 g/mol. The molecule has 3 heterocycles. The lowest BCUT2D eigenvalue weighted by Gasteiger charge is -2.37. The van der Waals surface area contributed by atoms with Gasteiger partial charge < -0.3 is 24.6 Å². The molecule has 1 aromatic carbocycles. The number of thiocarbonyl (C=S) groups is 1. The number of methoxy groups -OCH3 is 1. The summed E-state index contributed by atoms with van der Waals surface area (Å²) in [5, 5.41) is 5.04. The van der Waals surface area contributed by atoms with Gasteiger partial charge in [-0.3, -0.25) is 4.98 Å². The van der Waals surface area contributed by atoms with E-state index in [1.807, 2.05) is 44.3 Å². The lowest BCUT2D eigenvalue weighted by atomic mass is 10.2. The molecule has 0 bridgehead atoms. The van der Waals surface area contributed by atoms with Crippen LogP contribution < -0.4 is 19.7 Å². The van der Waals surface area contributed by atoms with E-state index in [4.69, 9.17) is 21.7 Å². The molecule has 1 N–H and O–H groups in total. The Balaban J connectivity index is 1.44. The van der Waals surface area contributed by atoms with Gasteiger partial charge in [-0.15, -0.1) is 0 Å². The summed E-state index contributed by atoms with van der Waals surface area (Å²) in [6.45, 7) is 7.91. The summed E-state index contributed by atoms with van der Waals surface area (Å²) in [7, 11) is 1.65. The Kier molecular flexibility index (Phi) is 6.84. The number of rotatable bonds is 6. The van der Waals surface area contributed by atoms with Crippen molar-refractivity contribution >= 4 is 34.1 Å². The van der Waals surface area contributed by atoms with Crippen LogP contribution in [0.4, 0.5) is 5.82 Å². The molecule has 3 aromatic rings. The van der Waals surface area contributed by atoms with Gasteiger partial charge in [0.2, 0.25) is 0 Å². The minimum absolute atomic E-state index is 0.0475. The molecule has 1 saturated heterocycles. The van der Waals surface area contributed by atoms with E-state index in [2.05, 4.69) is 30.1 Å². The molecule has 1 aliphatic rings. The highest BCUT2D eigenvalue weighted by Crippen LogP contribution is 2.35. The van der Waals surface area contributed by atoms with Gasteiger partial charge in [-0.1, -0.05) is 6.07 Å². The van der Waals surface area contributed by atoms with Crippen LogP contribution in [0, 0.1) is 0 Å². The minimum atomic E-state index is 0.0475. The molecule has 8 nitrogen and oxygen atoms in total. The quantitative estimate of drug-likeness (QED) is 0.568. The third-order valence-corrected chi connectivity index (χ3v) is 5.70. The molecule has 0 aliphatic carbocycles. The van der Waals surface area contributed by atoms with Crippen molar-refractivity contribution in [3.05, 3.63) is 48.5 Å². The molecule has 0 saturated carbocycles. The van der Waals surface area contributed by atoms with Crippen molar-refractivity contribution in [2.45, 2.75) is 26.5 Å². The molecule has 9 heteroatoms. The van der Waals surface area contributed by atoms with Crippen LogP contribution in [-0.4, -0.2) is 64.4 Å². The summed E-state index contributed by atoms with van der Waals surface area (Å²) in [5.41, 5.74) is 1.94. The summed E-state index contributed by atoms with van der Waals surface area (Å²) in [6.07, 6.45) is 5.27. The first kappa shape index (κ1) is 22.0. The van der Waals surface area contributed by atoms with E-state index in [-0.39, 0.29) is 6.10 Å². The van der Waals surface area contributed by atoms with E-state index in [0.717, 1.165) is 53.6 Å². The predicted molar refractivity (Wildman–Crippen MR) is 129 cm³/mol. The monoisotopic (exact) mass is 452 g/mol. The first-order chi connectivity index (χ1) is 15.5. The average molecular weight is 453 g/mol. The van der Waals surface area contributed by atoms with E-state index in [1.54, 1.807) is 19.6 Å². The lowest BCUT2D eigenvalue weighted by molar-refractivity contribution is 0.230. The number of hydrogen-bond acceptors (Lipinski definition) is 7. The maximum atomic E-state index is 5.89. The fourth-order valence-corrected chi connectivity index (χ4v) is 3.98. The Morgan fingerprint density at radius 3 is 2.66 bits per heavy atom. The van der Waals surface area contributed by atoms with Crippen LogP contribution in [0.1, 0.15) is 19.4 Å². The van der Waals surface area contributed by atoms with Crippen LogP contribution in [0.3, 0.4) is 0 Å². The van der Waals surface area contributed by atoms with Crippen molar-refractivity contribution in [3.8, 4) is 11.5 Å². The van der Waals surface area contributed by atoms with Gasteiger partial charge in [-0.2, -0.15) is 0 Å². The zero-order chi connectivity index (χ0) is 22.5. The highest BCUT2D eigenvalue weighted by molar-refractivity contribution is 7.80. The number of anilines is 1. The van der Waals surface area contributed by atoms with Gasteiger partial charge in [0, 0.05) is 56.6 Å². The van der Waals surface area contributed by atoms with E-state index in [1.165, 1.54) is 0 Å². The molecule has 1 aliphatic heterocycles. The SMILES string of the molecule is COc1cc2c(N3CCN(C(=S)NCc4cccnc4)CC3)ncnc2cc1OC(C)C. The molecule has 0 amide bonds. The zero-order valence-corrected chi connectivity index (χ0v) is 19.4. The Hall–Kier alpha value is -3.20. The third-order valence-electron chi connectivity index (χ3n) is 5.30. The molecule has 2 aromatic heterocycles. The summed E-state index contributed by atoms with van der Waals surface area (Å²) in [4.78, 5) is 17.7. The van der Waals surface area contributed by atoms with Crippen molar-refractivity contribution < 1.29 is 9.47 Å².